The quantitative estimate of drug-likeness (QED) is 0.678. The third-order valence-corrected chi connectivity index (χ3v) is 4.75. The summed E-state index contributed by atoms with van der Waals surface area (Å²) in [6.45, 7) is 2.08. The molecule has 0 saturated heterocycles. The van der Waals surface area contributed by atoms with E-state index >= 15 is 0 Å². The number of hydrogen-bond acceptors (Lipinski definition) is 3. The van der Waals surface area contributed by atoms with Gasteiger partial charge in [-0.25, -0.2) is 0 Å². The van der Waals surface area contributed by atoms with Crippen molar-refractivity contribution in [2.24, 2.45) is 5.73 Å². The summed E-state index contributed by atoms with van der Waals surface area (Å²) in [6, 6.07) is 10.1. The van der Waals surface area contributed by atoms with Crippen molar-refractivity contribution in [2.75, 3.05) is 0 Å². The molecule has 0 amide bonds. The topological polar surface area (TPSA) is 39.2 Å². The van der Waals surface area contributed by atoms with Crippen molar-refractivity contribution in [3.8, 4) is 0 Å². The van der Waals surface area contributed by atoms with Gasteiger partial charge in [0, 0.05) is 5.39 Å². The van der Waals surface area contributed by atoms with Crippen LogP contribution < -0.4 is 5.73 Å². The van der Waals surface area contributed by atoms with E-state index in [9.17, 15) is 0 Å². The second-order valence-electron chi connectivity index (χ2n) is 4.35. The summed E-state index contributed by atoms with van der Waals surface area (Å²) in [6.07, 6.45) is 0. The Morgan fingerprint density at radius 1 is 1.28 bits per heavy atom. The molecule has 0 aliphatic rings. The number of furan rings is 1. The molecule has 0 spiro atoms. The van der Waals surface area contributed by atoms with E-state index in [1.807, 2.05) is 12.1 Å². The van der Waals surface area contributed by atoms with Gasteiger partial charge in [-0.2, -0.15) is 0 Å². The van der Waals surface area contributed by atoms with Crippen molar-refractivity contribution in [2.45, 2.75) is 13.0 Å². The second kappa shape index (κ2) is 4.68. The maximum absolute atomic E-state index is 6.24. The van der Waals surface area contributed by atoms with E-state index in [0.29, 0.717) is 0 Å². The molecule has 18 heavy (non-hydrogen) atoms. The first kappa shape index (κ1) is 12.2. The summed E-state index contributed by atoms with van der Waals surface area (Å²) in [5.74, 6) is 0.824. The minimum absolute atomic E-state index is 0.183. The Kier molecular flexibility index (Phi) is 3.17. The molecule has 0 aliphatic carbocycles. The van der Waals surface area contributed by atoms with E-state index in [-0.39, 0.29) is 6.04 Å². The summed E-state index contributed by atoms with van der Waals surface area (Å²) < 4.78 is 7.07. The molecule has 0 fully saturated rings. The van der Waals surface area contributed by atoms with Crippen molar-refractivity contribution in [3.05, 3.63) is 55.5 Å². The van der Waals surface area contributed by atoms with Crippen molar-refractivity contribution < 1.29 is 4.42 Å². The van der Waals surface area contributed by atoms with E-state index < -0.39 is 0 Å². The predicted octanol–water partition coefficient (Wildman–Crippen LogP) is 4.46. The Hall–Kier alpha value is -0.850. The van der Waals surface area contributed by atoms with Gasteiger partial charge in [-0.1, -0.05) is 11.6 Å². The monoisotopic (exact) mass is 369 g/mol. The Morgan fingerprint density at radius 3 is 2.83 bits per heavy atom. The van der Waals surface area contributed by atoms with Crippen molar-refractivity contribution in [1.29, 1.82) is 0 Å². The molecule has 2 nitrogen and oxygen atoms in total. The van der Waals surface area contributed by atoms with Gasteiger partial charge in [0.05, 0.1) is 8.93 Å². The molecule has 2 heterocycles. The van der Waals surface area contributed by atoms with E-state index in [0.717, 1.165) is 22.3 Å². The number of fused-ring (bicyclic) bond motifs is 1. The number of nitrogens with two attached hydrogens (primary N) is 1. The predicted molar refractivity (Wildman–Crippen MR) is 84.0 cm³/mol. The largest absolute Gasteiger partial charge is 0.459 e. The Labute approximate surface area is 123 Å². The molecule has 1 atom stereocenters. The van der Waals surface area contributed by atoms with Gasteiger partial charge in [0.1, 0.15) is 11.3 Å². The van der Waals surface area contributed by atoms with E-state index in [1.54, 1.807) is 11.3 Å². The molecular weight excluding hydrogens is 357 g/mol. The molecule has 92 valence electrons. The highest BCUT2D eigenvalue weighted by Crippen LogP contribution is 2.29. The third kappa shape index (κ3) is 2.20. The molecule has 3 aromatic rings. The number of rotatable bonds is 2. The molecule has 2 N–H and O–H groups in total. The van der Waals surface area contributed by atoms with Crippen molar-refractivity contribution in [3.63, 3.8) is 0 Å². The summed E-state index contributed by atoms with van der Waals surface area (Å²) in [5, 5.41) is 3.20. The number of benzene rings is 1. The van der Waals surface area contributed by atoms with Crippen molar-refractivity contribution >= 4 is 44.9 Å². The number of aryl methyl sites for hydroxylation is 1. The van der Waals surface area contributed by atoms with Crippen LogP contribution in [0.1, 0.15) is 22.9 Å². The van der Waals surface area contributed by atoms with Crippen LogP contribution in [-0.2, 0) is 0 Å². The second-order valence-corrected chi connectivity index (χ2v) is 7.16. The molecule has 0 radical (unpaired) electrons. The molecular formula is C14H12INOS. The minimum atomic E-state index is -0.183. The van der Waals surface area contributed by atoms with Gasteiger partial charge in [0.25, 0.3) is 0 Å². The van der Waals surface area contributed by atoms with E-state index in [4.69, 9.17) is 10.2 Å². The van der Waals surface area contributed by atoms with Gasteiger partial charge in [0.15, 0.2) is 0 Å². The van der Waals surface area contributed by atoms with Crippen LogP contribution >= 0.6 is 33.9 Å². The van der Waals surface area contributed by atoms with Crippen LogP contribution in [0.5, 0.6) is 0 Å². The highest BCUT2D eigenvalue weighted by atomic mass is 127. The maximum atomic E-state index is 6.24. The van der Waals surface area contributed by atoms with Crippen LogP contribution in [-0.4, -0.2) is 0 Å². The zero-order valence-corrected chi connectivity index (χ0v) is 12.8. The lowest BCUT2D eigenvalue weighted by Gasteiger charge is -2.05. The Morgan fingerprint density at radius 2 is 2.11 bits per heavy atom. The van der Waals surface area contributed by atoms with Gasteiger partial charge in [-0.15, -0.1) is 11.3 Å². The fourth-order valence-corrected chi connectivity index (χ4v) is 3.40. The summed E-state index contributed by atoms with van der Waals surface area (Å²) in [4.78, 5) is 0. The smallest absolute Gasteiger partial charge is 0.134 e. The third-order valence-electron chi connectivity index (χ3n) is 2.94. The standard InChI is InChI=1S/C14H12INOS/c1-8-2-3-11-9(4-8)5-12(17-11)14(16)10-6-13(15)18-7-10/h2-7,14H,16H2,1H3. The maximum Gasteiger partial charge on any atom is 0.134 e. The molecule has 1 aromatic carbocycles. The molecule has 0 aliphatic heterocycles. The molecule has 0 bridgehead atoms. The first-order valence-corrected chi connectivity index (χ1v) is 7.59. The van der Waals surface area contributed by atoms with Crippen LogP contribution in [0.15, 0.2) is 40.1 Å². The van der Waals surface area contributed by atoms with Crippen LogP contribution in [0.4, 0.5) is 0 Å². The lowest BCUT2D eigenvalue weighted by atomic mass is 10.1. The average molecular weight is 369 g/mol. The summed E-state index contributed by atoms with van der Waals surface area (Å²) in [7, 11) is 0. The van der Waals surface area contributed by atoms with Gasteiger partial charge in [0.2, 0.25) is 0 Å². The minimum Gasteiger partial charge on any atom is -0.459 e. The fourth-order valence-electron chi connectivity index (χ4n) is 1.99. The van der Waals surface area contributed by atoms with Gasteiger partial charge < -0.3 is 10.2 Å². The van der Waals surface area contributed by atoms with Crippen LogP contribution in [0.2, 0.25) is 0 Å². The number of hydrogen-bond donors (Lipinski definition) is 1. The van der Waals surface area contributed by atoms with Gasteiger partial charge in [-0.3, -0.25) is 0 Å². The number of halogens is 1. The lowest BCUT2D eigenvalue weighted by molar-refractivity contribution is 0.525. The Balaban J connectivity index is 2.03. The molecule has 2 aromatic heterocycles. The van der Waals surface area contributed by atoms with Crippen LogP contribution in [0.25, 0.3) is 11.0 Å². The molecule has 4 heteroatoms. The SMILES string of the molecule is Cc1ccc2oc(C(N)c3csc(I)c3)cc2c1. The highest BCUT2D eigenvalue weighted by molar-refractivity contribution is 14.1. The fraction of sp³-hybridized carbons (Fsp3) is 0.143. The first-order chi connectivity index (χ1) is 8.63. The average Bonchev–Trinajstić information content (AvgIpc) is 2.93. The van der Waals surface area contributed by atoms with Gasteiger partial charge in [-0.05, 0) is 64.7 Å². The van der Waals surface area contributed by atoms with Crippen molar-refractivity contribution in [1.82, 2.24) is 0 Å². The number of thiophene rings is 1. The molecule has 3 rings (SSSR count). The Bertz CT molecular complexity index is 701. The first-order valence-electron chi connectivity index (χ1n) is 5.63. The summed E-state index contributed by atoms with van der Waals surface area (Å²) >= 11 is 4.01. The zero-order valence-electron chi connectivity index (χ0n) is 9.81. The molecule has 0 saturated carbocycles. The van der Waals surface area contributed by atoms with E-state index in [1.165, 1.54) is 8.45 Å². The normalized spacial score (nSPS) is 13.1. The van der Waals surface area contributed by atoms with E-state index in [2.05, 4.69) is 53.1 Å². The summed E-state index contributed by atoms with van der Waals surface area (Å²) in [5.41, 5.74) is 9.48. The van der Waals surface area contributed by atoms with Gasteiger partial charge >= 0.3 is 0 Å². The van der Waals surface area contributed by atoms with Crippen LogP contribution in [0, 0.1) is 9.81 Å². The highest BCUT2D eigenvalue weighted by Gasteiger charge is 2.15. The van der Waals surface area contributed by atoms with Crippen LogP contribution in [0.3, 0.4) is 0 Å². The zero-order chi connectivity index (χ0) is 12.7. The lowest BCUT2D eigenvalue weighted by Crippen LogP contribution is -2.09. The molecule has 1 unspecified atom stereocenters.